The Bertz CT molecular complexity index is 487. The number of rotatable bonds is 3. The van der Waals surface area contributed by atoms with Gasteiger partial charge in [-0.1, -0.05) is 32.9 Å². The summed E-state index contributed by atoms with van der Waals surface area (Å²) in [5.74, 6) is -0.900. The maximum Gasteiger partial charge on any atom is 0.315 e. The summed E-state index contributed by atoms with van der Waals surface area (Å²) in [5, 5.41) is 2.75. The molecule has 0 heterocycles. The highest BCUT2D eigenvalue weighted by Gasteiger charge is 2.16. The van der Waals surface area contributed by atoms with Crippen molar-refractivity contribution in [2.75, 3.05) is 12.4 Å². The van der Waals surface area contributed by atoms with E-state index < -0.39 is 5.97 Å². The predicted octanol–water partition coefficient (Wildman–Crippen LogP) is 2.79. The first-order valence-corrected chi connectivity index (χ1v) is 6.22. The fraction of sp³-hybridized carbons (Fsp3) is 0.467. The SMILES string of the molecule is COC(=O)CC(=O)Nc1cc(C(C)(C)C)ccc1C. The van der Waals surface area contributed by atoms with Crippen LogP contribution in [0.25, 0.3) is 0 Å². The van der Waals surface area contributed by atoms with Crippen LogP contribution < -0.4 is 5.32 Å². The number of ether oxygens (including phenoxy) is 1. The predicted molar refractivity (Wildman–Crippen MR) is 75.1 cm³/mol. The van der Waals surface area contributed by atoms with Crippen molar-refractivity contribution in [2.24, 2.45) is 0 Å². The molecule has 0 atom stereocenters. The molecular weight excluding hydrogens is 242 g/mol. The van der Waals surface area contributed by atoms with Crippen LogP contribution in [0.1, 0.15) is 38.3 Å². The van der Waals surface area contributed by atoms with Crippen molar-refractivity contribution in [3.05, 3.63) is 29.3 Å². The van der Waals surface area contributed by atoms with Gasteiger partial charge in [0.05, 0.1) is 7.11 Å². The monoisotopic (exact) mass is 263 g/mol. The van der Waals surface area contributed by atoms with Crippen LogP contribution in [-0.4, -0.2) is 19.0 Å². The molecule has 1 aromatic carbocycles. The number of nitrogens with one attached hydrogen (secondary N) is 1. The van der Waals surface area contributed by atoms with E-state index in [0.29, 0.717) is 0 Å². The van der Waals surface area contributed by atoms with Crippen molar-refractivity contribution in [1.82, 2.24) is 0 Å². The van der Waals surface area contributed by atoms with E-state index in [2.05, 4.69) is 30.8 Å². The Morgan fingerprint density at radius 3 is 2.42 bits per heavy atom. The summed E-state index contributed by atoms with van der Waals surface area (Å²) in [7, 11) is 1.26. The lowest BCUT2D eigenvalue weighted by Gasteiger charge is -2.21. The molecule has 4 heteroatoms. The molecule has 1 amide bonds. The van der Waals surface area contributed by atoms with Gasteiger partial charge in [0.25, 0.3) is 0 Å². The molecule has 1 rings (SSSR count). The summed E-state index contributed by atoms with van der Waals surface area (Å²) < 4.78 is 4.47. The van der Waals surface area contributed by atoms with Crippen molar-refractivity contribution in [3.8, 4) is 0 Å². The van der Waals surface area contributed by atoms with Crippen molar-refractivity contribution >= 4 is 17.6 Å². The number of carbonyl (C=O) groups excluding carboxylic acids is 2. The zero-order valence-corrected chi connectivity index (χ0v) is 12.2. The number of hydrogen-bond acceptors (Lipinski definition) is 3. The summed E-state index contributed by atoms with van der Waals surface area (Å²) >= 11 is 0. The smallest absolute Gasteiger partial charge is 0.315 e. The number of hydrogen-bond donors (Lipinski definition) is 1. The van der Waals surface area contributed by atoms with Crippen LogP contribution in [0.3, 0.4) is 0 Å². The molecule has 19 heavy (non-hydrogen) atoms. The van der Waals surface area contributed by atoms with E-state index in [1.54, 1.807) is 0 Å². The second-order valence-electron chi connectivity index (χ2n) is 5.58. The Balaban J connectivity index is 2.89. The summed E-state index contributed by atoms with van der Waals surface area (Å²) in [5.41, 5.74) is 2.84. The average Bonchev–Trinajstić information content (AvgIpc) is 2.30. The molecule has 0 fully saturated rings. The van der Waals surface area contributed by atoms with Gasteiger partial charge in [-0.05, 0) is 29.5 Å². The van der Waals surface area contributed by atoms with Crippen molar-refractivity contribution in [2.45, 2.75) is 39.5 Å². The molecule has 0 aliphatic rings. The van der Waals surface area contributed by atoms with E-state index in [-0.39, 0.29) is 17.7 Å². The van der Waals surface area contributed by atoms with E-state index in [4.69, 9.17) is 0 Å². The minimum Gasteiger partial charge on any atom is -0.469 e. The average molecular weight is 263 g/mol. The van der Waals surface area contributed by atoms with Crippen LogP contribution in [0.4, 0.5) is 5.69 Å². The molecule has 104 valence electrons. The highest BCUT2D eigenvalue weighted by Crippen LogP contribution is 2.26. The van der Waals surface area contributed by atoms with Gasteiger partial charge in [-0.3, -0.25) is 9.59 Å². The van der Waals surface area contributed by atoms with Crippen LogP contribution in [0.2, 0.25) is 0 Å². The van der Waals surface area contributed by atoms with Gasteiger partial charge in [0.15, 0.2) is 0 Å². The molecule has 0 bridgehead atoms. The highest BCUT2D eigenvalue weighted by molar-refractivity contribution is 6.02. The lowest BCUT2D eigenvalue weighted by molar-refractivity contribution is -0.142. The lowest BCUT2D eigenvalue weighted by atomic mass is 9.86. The van der Waals surface area contributed by atoms with Crippen molar-refractivity contribution in [3.63, 3.8) is 0 Å². The van der Waals surface area contributed by atoms with E-state index >= 15 is 0 Å². The van der Waals surface area contributed by atoms with E-state index in [1.165, 1.54) is 7.11 Å². The van der Waals surface area contributed by atoms with Crippen molar-refractivity contribution in [1.29, 1.82) is 0 Å². The fourth-order valence-electron chi connectivity index (χ4n) is 1.62. The van der Waals surface area contributed by atoms with Gasteiger partial charge < -0.3 is 10.1 Å². The third kappa shape index (κ3) is 4.39. The van der Waals surface area contributed by atoms with Crippen LogP contribution in [0, 0.1) is 6.92 Å². The number of methoxy groups -OCH3 is 1. The van der Waals surface area contributed by atoms with Crippen LogP contribution in [0.15, 0.2) is 18.2 Å². The van der Waals surface area contributed by atoms with E-state index in [0.717, 1.165) is 16.8 Å². The number of aryl methyl sites for hydroxylation is 1. The summed E-state index contributed by atoms with van der Waals surface area (Å²) in [6, 6.07) is 5.96. The Hall–Kier alpha value is -1.84. The first-order valence-electron chi connectivity index (χ1n) is 6.22. The van der Waals surface area contributed by atoms with Gasteiger partial charge in [-0.25, -0.2) is 0 Å². The second kappa shape index (κ2) is 5.87. The molecule has 0 saturated carbocycles. The number of carbonyl (C=O) groups is 2. The molecule has 0 saturated heterocycles. The molecule has 0 aromatic heterocycles. The Morgan fingerprint density at radius 2 is 1.89 bits per heavy atom. The molecule has 1 N–H and O–H groups in total. The van der Waals surface area contributed by atoms with Crippen LogP contribution in [-0.2, 0) is 19.7 Å². The topological polar surface area (TPSA) is 55.4 Å². The maximum atomic E-state index is 11.7. The van der Waals surface area contributed by atoms with Gasteiger partial charge in [0.2, 0.25) is 5.91 Å². The van der Waals surface area contributed by atoms with Gasteiger partial charge in [-0.2, -0.15) is 0 Å². The standard InChI is InChI=1S/C15H21NO3/c1-10-6-7-11(15(2,3)4)8-12(10)16-13(17)9-14(18)19-5/h6-8H,9H2,1-5H3,(H,16,17). The quantitative estimate of drug-likeness (QED) is 0.674. The summed E-state index contributed by atoms with van der Waals surface area (Å²) in [4.78, 5) is 22.7. The van der Waals surface area contributed by atoms with Crippen LogP contribution >= 0.6 is 0 Å². The highest BCUT2D eigenvalue weighted by atomic mass is 16.5. The second-order valence-corrected chi connectivity index (χ2v) is 5.58. The molecular formula is C15H21NO3. The van der Waals surface area contributed by atoms with Gasteiger partial charge in [0, 0.05) is 5.69 Å². The zero-order valence-electron chi connectivity index (χ0n) is 12.2. The zero-order chi connectivity index (χ0) is 14.6. The number of benzene rings is 1. The lowest BCUT2D eigenvalue weighted by Crippen LogP contribution is -2.19. The van der Waals surface area contributed by atoms with Crippen molar-refractivity contribution < 1.29 is 14.3 Å². The minimum absolute atomic E-state index is 0.00945. The van der Waals surface area contributed by atoms with Gasteiger partial charge in [0.1, 0.15) is 6.42 Å². The Morgan fingerprint density at radius 1 is 1.26 bits per heavy atom. The third-order valence-electron chi connectivity index (χ3n) is 2.91. The largest absolute Gasteiger partial charge is 0.469 e. The summed E-state index contributed by atoms with van der Waals surface area (Å²) in [6.07, 6.45) is -0.268. The number of amides is 1. The third-order valence-corrected chi connectivity index (χ3v) is 2.91. The number of esters is 1. The molecule has 4 nitrogen and oxygen atoms in total. The Kier molecular flexibility index (Phi) is 4.70. The molecule has 0 spiro atoms. The minimum atomic E-state index is -0.540. The summed E-state index contributed by atoms with van der Waals surface area (Å²) in [6.45, 7) is 8.24. The van der Waals surface area contributed by atoms with E-state index in [1.807, 2.05) is 25.1 Å². The van der Waals surface area contributed by atoms with Crippen LogP contribution in [0.5, 0.6) is 0 Å². The maximum absolute atomic E-state index is 11.7. The fourth-order valence-corrected chi connectivity index (χ4v) is 1.62. The molecule has 0 unspecified atom stereocenters. The number of anilines is 1. The molecule has 1 aromatic rings. The van der Waals surface area contributed by atoms with E-state index in [9.17, 15) is 9.59 Å². The molecule has 0 aliphatic heterocycles. The molecule has 0 radical (unpaired) electrons. The normalized spacial score (nSPS) is 11.0. The molecule has 0 aliphatic carbocycles. The Labute approximate surface area is 114 Å². The van der Waals surface area contributed by atoms with Gasteiger partial charge in [-0.15, -0.1) is 0 Å². The first-order chi connectivity index (χ1) is 8.74. The first kappa shape index (κ1) is 15.2. The van der Waals surface area contributed by atoms with Gasteiger partial charge >= 0.3 is 5.97 Å².